The highest BCUT2D eigenvalue weighted by Gasteiger charge is 2.07. The predicted octanol–water partition coefficient (Wildman–Crippen LogP) is 2.71. The van der Waals surface area contributed by atoms with Gasteiger partial charge in [-0.3, -0.25) is 0 Å². The molecule has 5 heteroatoms. The lowest BCUT2D eigenvalue weighted by atomic mass is 10.3. The van der Waals surface area contributed by atoms with Crippen molar-refractivity contribution in [3.8, 4) is 5.75 Å². The molecule has 0 spiro atoms. The molecule has 0 amide bonds. The molecule has 1 rings (SSSR count). The molecule has 1 aromatic rings. The van der Waals surface area contributed by atoms with E-state index >= 15 is 0 Å². The molecule has 108 valence electrons. The van der Waals surface area contributed by atoms with E-state index in [9.17, 15) is 8.42 Å². The first-order valence-electron chi connectivity index (χ1n) is 6.68. The Labute approximate surface area is 116 Å². The molecule has 0 saturated heterocycles. The molecule has 0 fully saturated rings. The van der Waals surface area contributed by atoms with Crippen LogP contribution in [-0.4, -0.2) is 32.6 Å². The molecule has 0 bridgehead atoms. The Morgan fingerprint density at radius 3 is 2.68 bits per heavy atom. The molecular formula is C14H23NO3S. The number of rotatable bonds is 8. The summed E-state index contributed by atoms with van der Waals surface area (Å²) in [7, 11) is -2.92. The highest BCUT2D eigenvalue weighted by molar-refractivity contribution is 7.91. The van der Waals surface area contributed by atoms with Crippen molar-refractivity contribution in [2.24, 2.45) is 0 Å². The maximum Gasteiger partial charge on any atom is 0.151 e. The molecule has 0 aliphatic heterocycles. The van der Waals surface area contributed by atoms with Gasteiger partial charge in [0.15, 0.2) is 9.84 Å². The van der Waals surface area contributed by atoms with Gasteiger partial charge in [0.05, 0.1) is 11.9 Å². The van der Waals surface area contributed by atoms with Crippen molar-refractivity contribution < 1.29 is 13.2 Å². The lowest BCUT2D eigenvalue weighted by molar-refractivity contribution is 0.217. The molecule has 1 N–H and O–H groups in total. The van der Waals surface area contributed by atoms with Crippen molar-refractivity contribution in [3.05, 3.63) is 24.3 Å². The van der Waals surface area contributed by atoms with Gasteiger partial charge >= 0.3 is 0 Å². The SMILES string of the molecule is CCC(C)Oc1cccc(NCCS(=O)(=O)CC)c1. The zero-order chi connectivity index (χ0) is 14.3. The zero-order valence-corrected chi connectivity index (χ0v) is 12.7. The Bertz CT molecular complexity index is 485. The summed E-state index contributed by atoms with van der Waals surface area (Å²) in [4.78, 5) is 0. The van der Waals surface area contributed by atoms with E-state index in [1.807, 2.05) is 31.2 Å². The fourth-order valence-electron chi connectivity index (χ4n) is 1.49. The molecule has 0 heterocycles. The van der Waals surface area contributed by atoms with Crippen LogP contribution in [0.2, 0.25) is 0 Å². The molecule has 19 heavy (non-hydrogen) atoms. The number of sulfone groups is 1. The molecule has 0 aliphatic carbocycles. The third kappa shape index (κ3) is 5.96. The van der Waals surface area contributed by atoms with E-state index in [2.05, 4.69) is 12.2 Å². The van der Waals surface area contributed by atoms with Crippen LogP contribution in [0.4, 0.5) is 5.69 Å². The molecule has 1 aromatic carbocycles. The summed E-state index contributed by atoms with van der Waals surface area (Å²) in [5.41, 5.74) is 0.882. The fourth-order valence-corrected chi connectivity index (χ4v) is 2.19. The van der Waals surface area contributed by atoms with Gasteiger partial charge in [-0.05, 0) is 25.5 Å². The van der Waals surface area contributed by atoms with Crippen LogP contribution in [0.5, 0.6) is 5.75 Å². The molecule has 0 aromatic heterocycles. The second-order valence-electron chi connectivity index (χ2n) is 4.53. The maximum absolute atomic E-state index is 11.4. The Morgan fingerprint density at radius 2 is 2.05 bits per heavy atom. The van der Waals surface area contributed by atoms with Gasteiger partial charge in [-0.25, -0.2) is 8.42 Å². The molecule has 0 saturated carbocycles. The molecule has 1 unspecified atom stereocenters. The van der Waals surface area contributed by atoms with Gasteiger partial charge in [-0.1, -0.05) is 19.9 Å². The standard InChI is InChI=1S/C14H23NO3S/c1-4-12(3)18-14-8-6-7-13(11-14)15-9-10-19(16,17)5-2/h6-8,11-12,15H,4-5,9-10H2,1-3H3. The number of benzene rings is 1. The first-order valence-corrected chi connectivity index (χ1v) is 8.50. The first-order chi connectivity index (χ1) is 8.96. The Balaban J connectivity index is 2.53. The quantitative estimate of drug-likeness (QED) is 0.798. The highest BCUT2D eigenvalue weighted by Crippen LogP contribution is 2.19. The molecule has 1 atom stereocenters. The highest BCUT2D eigenvalue weighted by atomic mass is 32.2. The van der Waals surface area contributed by atoms with Crippen LogP contribution in [0.3, 0.4) is 0 Å². The van der Waals surface area contributed by atoms with Crippen molar-refractivity contribution >= 4 is 15.5 Å². The van der Waals surface area contributed by atoms with E-state index in [0.717, 1.165) is 17.9 Å². The van der Waals surface area contributed by atoms with E-state index in [4.69, 9.17) is 4.74 Å². The number of hydrogen-bond acceptors (Lipinski definition) is 4. The van der Waals surface area contributed by atoms with Crippen molar-refractivity contribution in [1.82, 2.24) is 0 Å². The summed E-state index contributed by atoms with van der Waals surface area (Å²) in [5.74, 6) is 1.14. The molecule has 0 radical (unpaired) electrons. The van der Waals surface area contributed by atoms with E-state index < -0.39 is 9.84 Å². The smallest absolute Gasteiger partial charge is 0.151 e. The van der Waals surface area contributed by atoms with Gasteiger partial charge in [0.1, 0.15) is 5.75 Å². The van der Waals surface area contributed by atoms with Crippen molar-refractivity contribution in [2.45, 2.75) is 33.3 Å². The lowest BCUT2D eigenvalue weighted by Gasteiger charge is -2.14. The van der Waals surface area contributed by atoms with E-state index in [1.165, 1.54) is 0 Å². The average Bonchev–Trinajstić information content (AvgIpc) is 2.39. The number of ether oxygens (including phenoxy) is 1. The van der Waals surface area contributed by atoms with Gasteiger partial charge in [-0.2, -0.15) is 0 Å². The van der Waals surface area contributed by atoms with Gasteiger partial charge in [0.25, 0.3) is 0 Å². The van der Waals surface area contributed by atoms with Crippen LogP contribution in [0.15, 0.2) is 24.3 Å². The number of nitrogens with one attached hydrogen (secondary N) is 1. The maximum atomic E-state index is 11.4. The minimum atomic E-state index is -2.92. The van der Waals surface area contributed by atoms with Gasteiger partial charge < -0.3 is 10.1 Å². The third-order valence-corrected chi connectivity index (χ3v) is 4.63. The third-order valence-electron chi connectivity index (χ3n) is 2.93. The first kappa shape index (κ1) is 15.8. The van der Waals surface area contributed by atoms with Crippen LogP contribution in [0.25, 0.3) is 0 Å². The summed E-state index contributed by atoms with van der Waals surface area (Å²) in [6.45, 7) is 6.18. The van der Waals surface area contributed by atoms with Gasteiger partial charge in [0.2, 0.25) is 0 Å². The summed E-state index contributed by atoms with van der Waals surface area (Å²) in [6, 6.07) is 7.60. The molecular weight excluding hydrogens is 262 g/mol. The monoisotopic (exact) mass is 285 g/mol. The normalized spacial score (nSPS) is 13.0. The zero-order valence-electron chi connectivity index (χ0n) is 11.8. The van der Waals surface area contributed by atoms with Crippen LogP contribution >= 0.6 is 0 Å². The molecule has 4 nitrogen and oxygen atoms in total. The Kier molecular flexibility index (Phi) is 6.15. The minimum absolute atomic E-state index is 0.153. The largest absolute Gasteiger partial charge is 0.491 e. The van der Waals surface area contributed by atoms with Crippen LogP contribution in [-0.2, 0) is 9.84 Å². The lowest BCUT2D eigenvalue weighted by Crippen LogP contribution is -2.17. The van der Waals surface area contributed by atoms with Crippen LogP contribution in [0.1, 0.15) is 27.2 Å². The number of hydrogen-bond donors (Lipinski definition) is 1. The van der Waals surface area contributed by atoms with E-state index in [1.54, 1.807) is 6.92 Å². The molecule has 0 aliphatic rings. The van der Waals surface area contributed by atoms with Gasteiger partial charge in [-0.15, -0.1) is 0 Å². The topological polar surface area (TPSA) is 55.4 Å². The van der Waals surface area contributed by atoms with E-state index in [-0.39, 0.29) is 17.6 Å². The minimum Gasteiger partial charge on any atom is -0.491 e. The van der Waals surface area contributed by atoms with Crippen LogP contribution in [0, 0.1) is 0 Å². The Hall–Kier alpha value is -1.23. The summed E-state index contributed by atoms with van der Waals surface area (Å²) >= 11 is 0. The van der Waals surface area contributed by atoms with Crippen LogP contribution < -0.4 is 10.1 Å². The van der Waals surface area contributed by atoms with Crippen molar-refractivity contribution in [3.63, 3.8) is 0 Å². The van der Waals surface area contributed by atoms with E-state index in [0.29, 0.717) is 6.54 Å². The second-order valence-corrected chi connectivity index (χ2v) is 7.00. The van der Waals surface area contributed by atoms with Crippen molar-refractivity contribution in [1.29, 1.82) is 0 Å². The van der Waals surface area contributed by atoms with Gasteiger partial charge in [0, 0.05) is 24.1 Å². The second kappa shape index (κ2) is 7.38. The summed E-state index contributed by atoms with van der Waals surface area (Å²) in [6.07, 6.45) is 1.13. The summed E-state index contributed by atoms with van der Waals surface area (Å²) < 4.78 is 28.5. The average molecular weight is 285 g/mol. The number of anilines is 1. The Morgan fingerprint density at radius 1 is 1.32 bits per heavy atom. The fraction of sp³-hybridized carbons (Fsp3) is 0.571. The van der Waals surface area contributed by atoms with Crippen molar-refractivity contribution in [2.75, 3.05) is 23.4 Å². The predicted molar refractivity (Wildman–Crippen MR) is 79.6 cm³/mol. The summed E-state index contributed by atoms with van der Waals surface area (Å²) in [5, 5.41) is 3.11.